The fraction of sp³-hybridized carbons (Fsp3) is 0.615. The molecule has 7 heteroatoms. The van der Waals surface area contributed by atoms with E-state index in [9.17, 15) is 9.59 Å². The van der Waals surface area contributed by atoms with Gasteiger partial charge in [0.05, 0.1) is 23.7 Å². The van der Waals surface area contributed by atoms with Crippen LogP contribution in [-0.2, 0) is 11.3 Å². The zero-order chi connectivity index (χ0) is 14.4. The van der Waals surface area contributed by atoms with Gasteiger partial charge in [-0.15, -0.1) is 11.3 Å². The Balaban J connectivity index is 1.61. The van der Waals surface area contributed by atoms with Gasteiger partial charge in [-0.05, 0) is 31.6 Å². The van der Waals surface area contributed by atoms with Gasteiger partial charge in [-0.25, -0.2) is 9.78 Å². The molecule has 0 spiro atoms. The maximum atomic E-state index is 11.6. The molecule has 0 aliphatic heterocycles. The second-order valence-electron chi connectivity index (χ2n) is 5.10. The van der Waals surface area contributed by atoms with E-state index in [1.54, 1.807) is 5.51 Å². The molecule has 1 aliphatic carbocycles. The zero-order valence-electron chi connectivity index (χ0n) is 11.2. The van der Waals surface area contributed by atoms with Crippen LogP contribution in [0.5, 0.6) is 0 Å². The van der Waals surface area contributed by atoms with Crippen molar-refractivity contribution in [2.45, 2.75) is 32.2 Å². The fourth-order valence-corrected chi connectivity index (χ4v) is 2.97. The lowest BCUT2D eigenvalue weighted by atomic mass is 9.82. The maximum absolute atomic E-state index is 11.6. The molecule has 1 aromatic rings. The van der Waals surface area contributed by atoms with Crippen LogP contribution >= 0.6 is 11.3 Å². The second kappa shape index (κ2) is 7.23. The number of carboxylic acids is 1. The zero-order valence-corrected chi connectivity index (χ0v) is 12.0. The number of aromatic nitrogens is 1. The van der Waals surface area contributed by atoms with E-state index in [1.165, 1.54) is 11.3 Å². The summed E-state index contributed by atoms with van der Waals surface area (Å²) in [6, 6.07) is -0.196. The van der Waals surface area contributed by atoms with Gasteiger partial charge in [0.25, 0.3) is 0 Å². The van der Waals surface area contributed by atoms with Gasteiger partial charge >= 0.3 is 12.0 Å². The Morgan fingerprint density at radius 2 is 2.05 bits per heavy atom. The molecule has 0 saturated heterocycles. The Labute approximate surface area is 121 Å². The van der Waals surface area contributed by atoms with Gasteiger partial charge in [0.15, 0.2) is 0 Å². The maximum Gasteiger partial charge on any atom is 0.315 e. The van der Waals surface area contributed by atoms with Crippen LogP contribution in [0.15, 0.2) is 10.9 Å². The van der Waals surface area contributed by atoms with Gasteiger partial charge in [0, 0.05) is 11.9 Å². The molecule has 0 aromatic carbocycles. The molecule has 20 heavy (non-hydrogen) atoms. The van der Waals surface area contributed by atoms with Crippen LogP contribution in [-0.4, -0.2) is 28.6 Å². The van der Waals surface area contributed by atoms with Gasteiger partial charge in [0.1, 0.15) is 0 Å². The third kappa shape index (κ3) is 4.48. The number of hydrogen-bond acceptors (Lipinski definition) is 4. The van der Waals surface area contributed by atoms with Crippen molar-refractivity contribution in [1.82, 2.24) is 15.6 Å². The van der Waals surface area contributed by atoms with Crippen LogP contribution < -0.4 is 10.6 Å². The highest BCUT2D eigenvalue weighted by molar-refractivity contribution is 7.07. The average molecular weight is 297 g/mol. The third-order valence-corrected chi connectivity index (χ3v) is 4.30. The van der Waals surface area contributed by atoms with Crippen molar-refractivity contribution >= 4 is 23.3 Å². The lowest BCUT2D eigenvalue weighted by Crippen LogP contribution is -2.39. The van der Waals surface area contributed by atoms with Gasteiger partial charge in [-0.2, -0.15) is 0 Å². The van der Waals surface area contributed by atoms with Gasteiger partial charge in [-0.1, -0.05) is 0 Å². The van der Waals surface area contributed by atoms with Crippen molar-refractivity contribution in [3.63, 3.8) is 0 Å². The lowest BCUT2D eigenvalue weighted by molar-refractivity contribution is -0.143. The molecule has 0 unspecified atom stereocenters. The lowest BCUT2D eigenvalue weighted by Gasteiger charge is -2.26. The fourth-order valence-electron chi connectivity index (χ4n) is 2.41. The highest BCUT2D eigenvalue weighted by Crippen LogP contribution is 2.28. The summed E-state index contributed by atoms with van der Waals surface area (Å²) in [7, 11) is 0. The molecule has 1 aliphatic rings. The van der Waals surface area contributed by atoms with E-state index in [-0.39, 0.29) is 11.9 Å². The van der Waals surface area contributed by atoms with Gasteiger partial charge in [-0.3, -0.25) is 4.79 Å². The first-order valence-electron chi connectivity index (χ1n) is 6.76. The number of carboxylic acid groups (broad SMARTS) is 1. The normalized spacial score (nSPS) is 22.2. The molecule has 0 radical (unpaired) electrons. The number of thiazole rings is 1. The molecule has 2 amide bonds. The van der Waals surface area contributed by atoms with Crippen molar-refractivity contribution in [1.29, 1.82) is 0 Å². The van der Waals surface area contributed by atoms with Crippen LogP contribution in [0.3, 0.4) is 0 Å². The molecule has 2 rings (SSSR count). The predicted molar refractivity (Wildman–Crippen MR) is 75.4 cm³/mol. The standard InChI is InChI=1S/C13H19N3O3S/c17-12(18)10-3-1-9(2-4-10)5-14-13(19)15-6-11-7-20-8-16-11/h7-10H,1-6H2,(H,17,18)(H2,14,15,19). The van der Waals surface area contributed by atoms with Gasteiger partial charge < -0.3 is 15.7 Å². The van der Waals surface area contributed by atoms with Crippen LogP contribution in [0.2, 0.25) is 0 Å². The van der Waals surface area contributed by atoms with Crippen LogP contribution in [0.4, 0.5) is 4.79 Å². The summed E-state index contributed by atoms with van der Waals surface area (Å²) in [6.07, 6.45) is 3.15. The predicted octanol–water partition coefficient (Wildman–Crippen LogP) is 1.83. The molecule has 0 bridgehead atoms. The van der Waals surface area contributed by atoms with Crippen molar-refractivity contribution in [2.24, 2.45) is 11.8 Å². The Morgan fingerprint density at radius 3 is 2.65 bits per heavy atom. The molecular weight excluding hydrogens is 278 g/mol. The number of hydrogen-bond donors (Lipinski definition) is 3. The smallest absolute Gasteiger partial charge is 0.315 e. The molecule has 3 N–H and O–H groups in total. The number of urea groups is 1. The molecule has 1 fully saturated rings. The first-order chi connectivity index (χ1) is 9.65. The highest BCUT2D eigenvalue weighted by atomic mass is 32.1. The Morgan fingerprint density at radius 1 is 1.30 bits per heavy atom. The third-order valence-electron chi connectivity index (χ3n) is 3.66. The van der Waals surface area contributed by atoms with Gasteiger partial charge in [0.2, 0.25) is 0 Å². The van der Waals surface area contributed by atoms with Crippen LogP contribution in [0.1, 0.15) is 31.4 Å². The van der Waals surface area contributed by atoms with Crippen molar-refractivity contribution in [3.8, 4) is 0 Å². The summed E-state index contributed by atoms with van der Waals surface area (Å²) < 4.78 is 0. The Bertz CT molecular complexity index is 442. The Hall–Kier alpha value is -1.63. The summed E-state index contributed by atoms with van der Waals surface area (Å²) in [5.41, 5.74) is 2.59. The molecule has 0 atom stereocenters. The number of aliphatic carboxylic acids is 1. The first kappa shape index (κ1) is 14.8. The molecular formula is C13H19N3O3S. The van der Waals surface area contributed by atoms with E-state index in [2.05, 4.69) is 15.6 Å². The first-order valence-corrected chi connectivity index (χ1v) is 7.71. The van der Waals surface area contributed by atoms with E-state index in [4.69, 9.17) is 5.11 Å². The number of nitrogens with zero attached hydrogens (tertiary/aromatic N) is 1. The van der Waals surface area contributed by atoms with E-state index < -0.39 is 5.97 Å². The van der Waals surface area contributed by atoms with E-state index in [1.807, 2.05) is 5.38 Å². The van der Waals surface area contributed by atoms with E-state index >= 15 is 0 Å². The Kier molecular flexibility index (Phi) is 5.34. The quantitative estimate of drug-likeness (QED) is 0.773. The van der Waals surface area contributed by atoms with Crippen LogP contribution in [0.25, 0.3) is 0 Å². The number of carbonyl (C=O) groups excluding carboxylic acids is 1. The van der Waals surface area contributed by atoms with Crippen LogP contribution in [0, 0.1) is 11.8 Å². The SMILES string of the molecule is O=C(NCc1cscn1)NCC1CCC(C(=O)O)CC1. The number of nitrogens with one attached hydrogen (secondary N) is 2. The summed E-state index contributed by atoms with van der Waals surface area (Å²) >= 11 is 1.50. The minimum atomic E-state index is -0.697. The molecule has 1 aromatic heterocycles. The highest BCUT2D eigenvalue weighted by Gasteiger charge is 2.25. The largest absolute Gasteiger partial charge is 0.481 e. The molecule has 110 valence electrons. The van der Waals surface area contributed by atoms with Crippen molar-refractivity contribution in [3.05, 3.63) is 16.6 Å². The average Bonchev–Trinajstić information content (AvgIpc) is 2.96. The molecule has 1 heterocycles. The molecule has 6 nitrogen and oxygen atoms in total. The topological polar surface area (TPSA) is 91.3 Å². The van der Waals surface area contributed by atoms with Crippen molar-refractivity contribution in [2.75, 3.05) is 6.54 Å². The number of carbonyl (C=O) groups is 2. The number of amides is 2. The summed E-state index contributed by atoms with van der Waals surface area (Å²) in [4.78, 5) is 26.5. The minimum absolute atomic E-state index is 0.196. The van der Waals surface area contributed by atoms with E-state index in [0.717, 1.165) is 18.5 Å². The summed E-state index contributed by atoms with van der Waals surface area (Å²) in [6.45, 7) is 1.04. The van der Waals surface area contributed by atoms with Crippen molar-refractivity contribution < 1.29 is 14.7 Å². The molecule has 1 saturated carbocycles. The monoisotopic (exact) mass is 297 g/mol. The minimum Gasteiger partial charge on any atom is -0.481 e. The number of rotatable bonds is 5. The second-order valence-corrected chi connectivity index (χ2v) is 5.82. The van der Waals surface area contributed by atoms with E-state index in [0.29, 0.717) is 31.8 Å². The summed E-state index contributed by atoms with van der Waals surface area (Å²) in [5, 5.41) is 16.4. The summed E-state index contributed by atoms with van der Waals surface area (Å²) in [5.74, 6) is -0.516.